The number of aromatic nitrogens is 4. The number of guanidine groups is 1. The Bertz CT molecular complexity index is 937. The molecule has 0 spiro atoms. The highest BCUT2D eigenvalue weighted by Gasteiger charge is 2.25. The van der Waals surface area contributed by atoms with Gasteiger partial charge in [-0.05, 0) is 18.2 Å². The van der Waals surface area contributed by atoms with Gasteiger partial charge in [0.1, 0.15) is 6.10 Å². The first-order chi connectivity index (χ1) is 13.7. The second-order valence-electron chi connectivity index (χ2n) is 6.74. The number of ether oxygens (including phenoxy) is 1. The number of aliphatic imine (C=N–C) groups is 1. The van der Waals surface area contributed by atoms with E-state index in [1.807, 2.05) is 66.7 Å². The fourth-order valence-corrected chi connectivity index (χ4v) is 3.33. The number of halogens is 1. The Morgan fingerprint density at radius 1 is 1.28 bits per heavy atom. The molecule has 29 heavy (non-hydrogen) atoms. The van der Waals surface area contributed by atoms with Gasteiger partial charge in [-0.2, -0.15) is 10.2 Å². The molecule has 1 aromatic carbocycles. The smallest absolute Gasteiger partial charge is 0.194 e. The van der Waals surface area contributed by atoms with Gasteiger partial charge in [0, 0.05) is 38.6 Å². The Morgan fingerprint density at radius 2 is 2.10 bits per heavy atom. The molecule has 0 amide bonds. The molecule has 4 rings (SSSR count). The third-order valence-corrected chi connectivity index (χ3v) is 4.77. The van der Waals surface area contributed by atoms with Crippen LogP contribution in [0.4, 0.5) is 0 Å². The maximum atomic E-state index is 5.92. The summed E-state index contributed by atoms with van der Waals surface area (Å²) in [7, 11) is 3.72. The van der Waals surface area contributed by atoms with Crippen molar-refractivity contribution < 1.29 is 4.74 Å². The predicted molar refractivity (Wildman–Crippen MR) is 123 cm³/mol. The molecule has 3 heterocycles. The van der Waals surface area contributed by atoms with Crippen molar-refractivity contribution in [2.75, 3.05) is 26.7 Å². The molecule has 0 aliphatic carbocycles. The summed E-state index contributed by atoms with van der Waals surface area (Å²) in [6.45, 7) is 2.81. The van der Waals surface area contributed by atoms with Crippen LogP contribution in [0.5, 0.6) is 0 Å². The van der Waals surface area contributed by atoms with Gasteiger partial charge >= 0.3 is 0 Å². The lowest BCUT2D eigenvalue weighted by molar-refractivity contribution is -0.00805. The minimum atomic E-state index is -0.00158. The third kappa shape index (κ3) is 5.15. The summed E-state index contributed by atoms with van der Waals surface area (Å²) >= 11 is 0. The van der Waals surface area contributed by atoms with E-state index in [2.05, 4.69) is 25.4 Å². The highest BCUT2D eigenvalue weighted by Crippen LogP contribution is 2.21. The van der Waals surface area contributed by atoms with Crippen LogP contribution in [0.25, 0.3) is 5.69 Å². The zero-order valence-electron chi connectivity index (χ0n) is 16.6. The van der Waals surface area contributed by atoms with E-state index in [1.165, 1.54) is 0 Å². The number of hydrogen-bond acceptors (Lipinski definition) is 4. The Morgan fingerprint density at radius 3 is 2.83 bits per heavy atom. The van der Waals surface area contributed by atoms with E-state index in [0.29, 0.717) is 13.2 Å². The van der Waals surface area contributed by atoms with E-state index in [9.17, 15) is 0 Å². The van der Waals surface area contributed by atoms with Crippen molar-refractivity contribution in [3.8, 4) is 5.69 Å². The second-order valence-corrected chi connectivity index (χ2v) is 6.74. The van der Waals surface area contributed by atoms with Gasteiger partial charge in [0.15, 0.2) is 5.96 Å². The lowest BCUT2D eigenvalue weighted by Crippen LogP contribution is -2.47. The molecule has 0 saturated carbocycles. The van der Waals surface area contributed by atoms with Crippen LogP contribution < -0.4 is 5.32 Å². The van der Waals surface area contributed by atoms with Gasteiger partial charge < -0.3 is 15.0 Å². The maximum absolute atomic E-state index is 5.92. The SMILES string of the molecule is CN=C(NCc1ccn(-c2ccccc2)n1)N1CCOC(c2cnn(C)c2)C1.I. The fourth-order valence-electron chi connectivity index (χ4n) is 3.33. The maximum Gasteiger partial charge on any atom is 0.194 e. The summed E-state index contributed by atoms with van der Waals surface area (Å²) < 4.78 is 9.61. The molecule has 8 nitrogen and oxygen atoms in total. The summed E-state index contributed by atoms with van der Waals surface area (Å²) in [6, 6.07) is 12.1. The van der Waals surface area contributed by atoms with E-state index >= 15 is 0 Å². The van der Waals surface area contributed by atoms with Gasteiger partial charge in [0.25, 0.3) is 0 Å². The molecule has 9 heteroatoms. The largest absolute Gasteiger partial charge is 0.370 e. The predicted octanol–water partition coefficient (Wildman–Crippen LogP) is 2.37. The van der Waals surface area contributed by atoms with Crippen molar-refractivity contribution in [1.82, 2.24) is 29.8 Å². The molecule has 1 atom stereocenters. The number of hydrogen-bond donors (Lipinski definition) is 1. The van der Waals surface area contributed by atoms with Crippen LogP contribution in [0.2, 0.25) is 0 Å². The van der Waals surface area contributed by atoms with Gasteiger partial charge in [-0.3, -0.25) is 9.67 Å². The van der Waals surface area contributed by atoms with E-state index < -0.39 is 0 Å². The van der Waals surface area contributed by atoms with Crippen molar-refractivity contribution in [3.05, 3.63) is 66.2 Å². The molecular weight excluding hydrogens is 481 g/mol. The highest BCUT2D eigenvalue weighted by atomic mass is 127. The van der Waals surface area contributed by atoms with Gasteiger partial charge in [-0.25, -0.2) is 4.68 Å². The summed E-state index contributed by atoms with van der Waals surface area (Å²) in [4.78, 5) is 6.66. The zero-order valence-corrected chi connectivity index (χ0v) is 18.9. The van der Waals surface area contributed by atoms with Crippen LogP contribution in [-0.2, 0) is 18.3 Å². The second kappa shape index (κ2) is 9.88. The van der Waals surface area contributed by atoms with Crippen molar-refractivity contribution in [3.63, 3.8) is 0 Å². The van der Waals surface area contributed by atoms with Crippen molar-refractivity contribution in [1.29, 1.82) is 0 Å². The molecule has 1 aliphatic heterocycles. The fraction of sp³-hybridized carbons (Fsp3) is 0.350. The number of benzene rings is 1. The van der Waals surface area contributed by atoms with Gasteiger partial charge in [0.05, 0.1) is 37.3 Å². The van der Waals surface area contributed by atoms with Crippen molar-refractivity contribution in [2.45, 2.75) is 12.6 Å². The van der Waals surface area contributed by atoms with Crippen LogP contribution in [0.3, 0.4) is 0 Å². The molecule has 2 aromatic heterocycles. The van der Waals surface area contributed by atoms with Gasteiger partial charge in [0.2, 0.25) is 0 Å². The zero-order chi connectivity index (χ0) is 19.3. The lowest BCUT2D eigenvalue weighted by Gasteiger charge is -2.34. The molecular formula is C20H26IN7O. The molecule has 1 saturated heterocycles. The Labute approximate surface area is 187 Å². The molecule has 154 valence electrons. The average molecular weight is 507 g/mol. The molecule has 3 aromatic rings. The van der Waals surface area contributed by atoms with E-state index in [0.717, 1.165) is 36.0 Å². The van der Waals surface area contributed by atoms with E-state index in [1.54, 1.807) is 11.7 Å². The first-order valence-corrected chi connectivity index (χ1v) is 9.38. The summed E-state index contributed by atoms with van der Waals surface area (Å²) in [5.41, 5.74) is 3.09. The summed E-state index contributed by atoms with van der Waals surface area (Å²) in [5.74, 6) is 0.853. The van der Waals surface area contributed by atoms with Gasteiger partial charge in [-0.15, -0.1) is 24.0 Å². The van der Waals surface area contributed by atoms with Crippen molar-refractivity contribution >= 4 is 29.9 Å². The first-order valence-electron chi connectivity index (χ1n) is 9.38. The average Bonchev–Trinajstić information content (AvgIpc) is 3.39. The monoisotopic (exact) mass is 507 g/mol. The van der Waals surface area contributed by atoms with Gasteiger partial charge in [-0.1, -0.05) is 18.2 Å². The molecule has 1 unspecified atom stereocenters. The third-order valence-electron chi connectivity index (χ3n) is 4.77. The van der Waals surface area contributed by atoms with Crippen LogP contribution in [0, 0.1) is 0 Å². The number of para-hydroxylation sites is 1. The van der Waals surface area contributed by atoms with E-state index in [-0.39, 0.29) is 30.1 Å². The number of aryl methyl sites for hydroxylation is 1. The molecule has 1 fully saturated rings. The summed E-state index contributed by atoms with van der Waals surface area (Å²) in [5, 5.41) is 12.3. The topological polar surface area (TPSA) is 72.5 Å². The highest BCUT2D eigenvalue weighted by molar-refractivity contribution is 14.0. The van der Waals surface area contributed by atoms with E-state index in [4.69, 9.17) is 4.74 Å². The van der Waals surface area contributed by atoms with Crippen LogP contribution in [0.1, 0.15) is 17.4 Å². The minimum absolute atomic E-state index is 0. The summed E-state index contributed by atoms with van der Waals surface area (Å²) in [6.07, 6.45) is 5.84. The molecule has 0 bridgehead atoms. The van der Waals surface area contributed by atoms with Crippen LogP contribution in [-0.4, -0.2) is 57.2 Å². The number of nitrogens with zero attached hydrogens (tertiary/aromatic N) is 6. The number of rotatable bonds is 4. The normalized spacial score (nSPS) is 17.1. The minimum Gasteiger partial charge on any atom is -0.370 e. The molecule has 0 radical (unpaired) electrons. The van der Waals surface area contributed by atoms with Crippen LogP contribution >= 0.6 is 24.0 Å². The Kier molecular flexibility index (Phi) is 7.26. The Hall–Kier alpha value is -2.40. The van der Waals surface area contributed by atoms with Crippen LogP contribution in [0.15, 0.2) is 60.0 Å². The number of nitrogens with one attached hydrogen (secondary N) is 1. The quantitative estimate of drug-likeness (QED) is 0.334. The molecule has 1 aliphatic rings. The molecule has 1 N–H and O–H groups in total. The standard InChI is InChI=1S/C20H25N7O.HI/c1-21-20(26-10-11-28-19(15-26)16-12-23-25(2)14-16)22-13-17-8-9-27(24-17)18-6-4-3-5-7-18;/h3-9,12,14,19H,10-11,13,15H2,1-2H3,(H,21,22);1H. The number of morpholine rings is 1. The lowest BCUT2D eigenvalue weighted by atomic mass is 10.1. The first kappa shape index (κ1) is 21.3. The Balaban J connectivity index is 0.00000240. The van der Waals surface area contributed by atoms with Crippen molar-refractivity contribution in [2.24, 2.45) is 12.0 Å².